The molecule has 0 bridgehead atoms. The van der Waals surface area contributed by atoms with Gasteiger partial charge in [0.25, 0.3) is 0 Å². The molecule has 2 aliphatic carbocycles. The molecule has 0 spiro atoms. The summed E-state index contributed by atoms with van der Waals surface area (Å²) >= 11 is 0. The van der Waals surface area contributed by atoms with Crippen molar-refractivity contribution in [1.29, 1.82) is 0 Å². The molecule has 2 fully saturated rings. The molecule has 1 heterocycles. The Kier molecular flexibility index (Phi) is 4.03. The predicted octanol–water partition coefficient (Wildman–Crippen LogP) is 1.70. The molecule has 5 nitrogen and oxygen atoms in total. The van der Waals surface area contributed by atoms with E-state index in [-0.39, 0.29) is 23.5 Å². The SMILES string of the molecule is O=C(NC[C@@H]1CCS(=O)(=O)C1)NC[C@@H]1[C@@H]2CCc3ccccc3[C@@H]12. The average molecular weight is 348 g/mol. The van der Waals surface area contributed by atoms with Gasteiger partial charge in [-0.15, -0.1) is 0 Å². The fourth-order valence-corrected chi connectivity index (χ4v) is 6.39. The zero-order valence-corrected chi connectivity index (χ0v) is 14.5. The van der Waals surface area contributed by atoms with E-state index < -0.39 is 9.84 Å². The van der Waals surface area contributed by atoms with Gasteiger partial charge >= 0.3 is 6.03 Å². The Hall–Kier alpha value is -1.56. The van der Waals surface area contributed by atoms with Gasteiger partial charge in [0.05, 0.1) is 11.5 Å². The summed E-state index contributed by atoms with van der Waals surface area (Å²) in [4.78, 5) is 12.0. The van der Waals surface area contributed by atoms with Crippen molar-refractivity contribution in [3.05, 3.63) is 35.4 Å². The number of benzene rings is 1. The summed E-state index contributed by atoms with van der Waals surface area (Å²) in [6.07, 6.45) is 3.03. The summed E-state index contributed by atoms with van der Waals surface area (Å²) in [5, 5.41) is 5.81. The van der Waals surface area contributed by atoms with Crippen LogP contribution in [0.25, 0.3) is 0 Å². The zero-order valence-electron chi connectivity index (χ0n) is 13.7. The molecule has 130 valence electrons. The van der Waals surface area contributed by atoms with Gasteiger partial charge in [-0.05, 0) is 54.1 Å². The fourth-order valence-electron chi connectivity index (χ4n) is 4.53. The highest BCUT2D eigenvalue weighted by Gasteiger charge is 2.52. The minimum absolute atomic E-state index is 0.0659. The summed E-state index contributed by atoms with van der Waals surface area (Å²) in [6.45, 7) is 1.16. The smallest absolute Gasteiger partial charge is 0.314 e. The molecule has 0 aromatic heterocycles. The summed E-state index contributed by atoms with van der Waals surface area (Å²) in [6, 6.07) is 8.48. The fraction of sp³-hybridized carbons (Fsp3) is 0.611. The Bertz CT molecular complexity index is 746. The number of hydrogen-bond acceptors (Lipinski definition) is 3. The molecule has 1 aromatic carbocycles. The van der Waals surface area contributed by atoms with Gasteiger partial charge in [0.1, 0.15) is 0 Å². The lowest BCUT2D eigenvalue weighted by molar-refractivity contribution is 0.238. The van der Waals surface area contributed by atoms with Crippen LogP contribution in [-0.4, -0.2) is 39.0 Å². The Morgan fingerprint density at radius 1 is 1.12 bits per heavy atom. The molecule has 1 saturated carbocycles. The first-order valence-corrected chi connectivity index (χ1v) is 10.7. The van der Waals surface area contributed by atoms with Gasteiger partial charge in [-0.2, -0.15) is 0 Å². The largest absolute Gasteiger partial charge is 0.338 e. The quantitative estimate of drug-likeness (QED) is 0.869. The lowest BCUT2D eigenvalue weighted by Gasteiger charge is -2.13. The number of urea groups is 1. The molecule has 2 amide bonds. The lowest BCUT2D eigenvalue weighted by Crippen LogP contribution is -2.39. The number of carbonyl (C=O) groups is 1. The molecule has 1 aliphatic heterocycles. The van der Waals surface area contributed by atoms with Crippen molar-refractivity contribution in [3.8, 4) is 0 Å². The van der Waals surface area contributed by atoms with E-state index in [0.29, 0.717) is 37.3 Å². The Balaban J connectivity index is 1.23. The summed E-state index contributed by atoms with van der Waals surface area (Å²) < 4.78 is 22.9. The number of sulfone groups is 1. The second-order valence-electron chi connectivity index (χ2n) is 7.45. The highest BCUT2D eigenvalue weighted by atomic mass is 32.2. The van der Waals surface area contributed by atoms with E-state index >= 15 is 0 Å². The Morgan fingerprint density at radius 3 is 2.71 bits per heavy atom. The van der Waals surface area contributed by atoms with E-state index in [2.05, 4.69) is 34.9 Å². The van der Waals surface area contributed by atoms with Gasteiger partial charge in [-0.3, -0.25) is 0 Å². The van der Waals surface area contributed by atoms with Crippen LogP contribution in [0, 0.1) is 17.8 Å². The maximum absolute atomic E-state index is 12.0. The normalized spacial score (nSPS) is 32.5. The molecule has 4 atom stereocenters. The monoisotopic (exact) mass is 348 g/mol. The van der Waals surface area contributed by atoms with Crippen molar-refractivity contribution in [2.75, 3.05) is 24.6 Å². The van der Waals surface area contributed by atoms with Gasteiger partial charge in [0.2, 0.25) is 0 Å². The Labute approximate surface area is 143 Å². The summed E-state index contributed by atoms with van der Waals surface area (Å²) in [5.74, 6) is 2.39. The first-order chi connectivity index (χ1) is 11.5. The number of nitrogens with one attached hydrogen (secondary N) is 2. The number of amides is 2. The van der Waals surface area contributed by atoms with Crippen LogP contribution < -0.4 is 10.6 Å². The maximum Gasteiger partial charge on any atom is 0.314 e. The minimum Gasteiger partial charge on any atom is -0.338 e. The van der Waals surface area contributed by atoms with E-state index in [9.17, 15) is 13.2 Å². The molecule has 1 aromatic rings. The third kappa shape index (κ3) is 3.16. The number of aryl methyl sites for hydroxylation is 1. The molecule has 0 radical (unpaired) electrons. The van der Waals surface area contributed by atoms with Crippen LogP contribution in [0.1, 0.15) is 29.9 Å². The third-order valence-electron chi connectivity index (χ3n) is 5.87. The van der Waals surface area contributed by atoms with Crippen LogP contribution in [0.3, 0.4) is 0 Å². The number of rotatable bonds is 4. The van der Waals surface area contributed by atoms with Crippen LogP contribution >= 0.6 is 0 Å². The molecule has 6 heteroatoms. The van der Waals surface area contributed by atoms with Gasteiger partial charge in [-0.25, -0.2) is 13.2 Å². The molecular formula is C18H24N2O3S. The summed E-state index contributed by atoms with van der Waals surface area (Å²) in [7, 11) is -2.87. The van der Waals surface area contributed by atoms with Crippen LogP contribution in [0.5, 0.6) is 0 Å². The second-order valence-corrected chi connectivity index (χ2v) is 9.68. The average Bonchev–Trinajstić information content (AvgIpc) is 3.18. The first kappa shape index (κ1) is 15.9. The van der Waals surface area contributed by atoms with E-state index in [0.717, 1.165) is 6.42 Å². The number of carbonyl (C=O) groups excluding carboxylic acids is 1. The summed E-state index contributed by atoms with van der Waals surface area (Å²) in [5.41, 5.74) is 2.94. The highest BCUT2D eigenvalue weighted by molar-refractivity contribution is 7.91. The van der Waals surface area contributed by atoms with Crippen LogP contribution in [-0.2, 0) is 16.3 Å². The van der Waals surface area contributed by atoms with Gasteiger partial charge in [0, 0.05) is 13.1 Å². The van der Waals surface area contributed by atoms with Crippen molar-refractivity contribution in [1.82, 2.24) is 10.6 Å². The zero-order chi connectivity index (χ0) is 16.7. The van der Waals surface area contributed by atoms with Crippen molar-refractivity contribution in [2.24, 2.45) is 17.8 Å². The van der Waals surface area contributed by atoms with E-state index in [1.165, 1.54) is 17.5 Å². The number of hydrogen-bond donors (Lipinski definition) is 2. The van der Waals surface area contributed by atoms with Crippen molar-refractivity contribution in [2.45, 2.75) is 25.2 Å². The van der Waals surface area contributed by atoms with E-state index in [1.807, 2.05) is 0 Å². The van der Waals surface area contributed by atoms with Crippen molar-refractivity contribution < 1.29 is 13.2 Å². The van der Waals surface area contributed by atoms with Crippen molar-refractivity contribution >= 4 is 15.9 Å². The first-order valence-electron chi connectivity index (χ1n) is 8.83. The Morgan fingerprint density at radius 2 is 1.92 bits per heavy atom. The van der Waals surface area contributed by atoms with Crippen molar-refractivity contribution in [3.63, 3.8) is 0 Å². The van der Waals surface area contributed by atoms with E-state index in [1.54, 1.807) is 0 Å². The predicted molar refractivity (Wildman–Crippen MR) is 92.6 cm³/mol. The highest BCUT2D eigenvalue weighted by Crippen LogP contribution is 2.59. The van der Waals surface area contributed by atoms with Crippen LogP contribution in [0.2, 0.25) is 0 Å². The molecule has 4 rings (SSSR count). The second kappa shape index (κ2) is 6.06. The van der Waals surface area contributed by atoms with Gasteiger partial charge in [-0.1, -0.05) is 24.3 Å². The van der Waals surface area contributed by atoms with Crippen LogP contribution in [0.4, 0.5) is 4.79 Å². The lowest BCUT2D eigenvalue weighted by atomic mass is 9.92. The number of fused-ring (bicyclic) bond motifs is 3. The molecular weight excluding hydrogens is 324 g/mol. The molecule has 24 heavy (non-hydrogen) atoms. The molecule has 2 N–H and O–H groups in total. The third-order valence-corrected chi connectivity index (χ3v) is 7.71. The van der Waals surface area contributed by atoms with E-state index in [4.69, 9.17) is 0 Å². The molecule has 3 aliphatic rings. The van der Waals surface area contributed by atoms with Gasteiger partial charge in [0.15, 0.2) is 9.84 Å². The molecule has 0 unspecified atom stereocenters. The van der Waals surface area contributed by atoms with Crippen LogP contribution in [0.15, 0.2) is 24.3 Å². The minimum atomic E-state index is -2.87. The maximum atomic E-state index is 12.0. The standard InChI is InChI=1S/C18H24N2O3S/c21-18(19-9-12-7-8-24(22,23)11-12)20-10-16-15-6-5-13-3-1-2-4-14(13)17(15)16/h1-4,12,15-17H,5-11H2,(H2,19,20,21)/t12-,15-,16+,17+/m0/s1. The molecule has 1 saturated heterocycles. The van der Waals surface area contributed by atoms with Gasteiger partial charge < -0.3 is 10.6 Å². The topological polar surface area (TPSA) is 75.3 Å².